The van der Waals surface area contributed by atoms with E-state index < -0.39 is 0 Å². The van der Waals surface area contributed by atoms with Gasteiger partial charge >= 0.3 is 0 Å². The first-order valence-electron chi connectivity index (χ1n) is 8.93. The molecule has 3 aromatic carbocycles. The third kappa shape index (κ3) is 2.84. The summed E-state index contributed by atoms with van der Waals surface area (Å²) in [7, 11) is 0. The van der Waals surface area contributed by atoms with Crippen molar-refractivity contribution in [3.05, 3.63) is 83.4 Å². The predicted molar refractivity (Wildman–Crippen MR) is 108 cm³/mol. The number of amides is 1. The fourth-order valence-corrected chi connectivity index (χ4v) is 3.35. The molecule has 0 saturated heterocycles. The maximum Gasteiger partial charge on any atom is 0.265 e. The zero-order chi connectivity index (χ0) is 19.0. The van der Waals surface area contributed by atoms with E-state index in [1.807, 2.05) is 54.6 Å². The van der Waals surface area contributed by atoms with Crippen LogP contribution in [0, 0.1) is 11.3 Å². The number of nitriles is 1. The van der Waals surface area contributed by atoms with Gasteiger partial charge in [-0.2, -0.15) is 5.26 Å². The first kappa shape index (κ1) is 16.9. The van der Waals surface area contributed by atoms with Crippen molar-refractivity contribution in [1.82, 2.24) is 0 Å². The van der Waals surface area contributed by atoms with Crippen LogP contribution < -0.4 is 10.2 Å². The number of nitrogens with one attached hydrogen (secondary N) is 1. The maximum absolute atomic E-state index is 13.5. The normalized spacial score (nSPS) is 12.7. The summed E-state index contributed by atoms with van der Waals surface area (Å²) in [6, 6.07) is 23.0. The van der Waals surface area contributed by atoms with E-state index in [0.29, 0.717) is 22.7 Å². The van der Waals surface area contributed by atoms with Crippen LogP contribution in [0.15, 0.2) is 66.7 Å². The standard InChI is InChI=1S/C23H19N3O/c1-15(2)16-11-12-20-22(13-16)26(21-10-6-3-7-17(21)14-24)23(27)18-8-4-5-9-19(18)25-20/h3-13,15,25H,1-2H3. The van der Waals surface area contributed by atoms with Gasteiger partial charge in [-0.05, 0) is 47.9 Å². The van der Waals surface area contributed by atoms with Crippen LogP contribution in [0.4, 0.5) is 22.7 Å². The predicted octanol–water partition coefficient (Wildman–Crippen LogP) is 5.72. The smallest absolute Gasteiger partial charge is 0.265 e. The van der Waals surface area contributed by atoms with E-state index >= 15 is 0 Å². The summed E-state index contributed by atoms with van der Waals surface area (Å²) in [4.78, 5) is 15.2. The van der Waals surface area contributed by atoms with Gasteiger partial charge in [-0.3, -0.25) is 9.69 Å². The highest BCUT2D eigenvalue weighted by Crippen LogP contribution is 2.42. The van der Waals surface area contributed by atoms with Crippen molar-refractivity contribution in [3.63, 3.8) is 0 Å². The maximum atomic E-state index is 13.5. The molecule has 4 rings (SSSR count). The number of hydrogen-bond acceptors (Lipinski definition) is 3. The summed E-state index contributed by atoms with van der Waals surface area (Å²) < 4.78 is 0. The SMILES string of the molecule is CC(C)c1ccc2c(c1)N(c1ccccc1C#N)C(=O)c1ccccc1N2. The number of fused-ring (bicyclic) bond motifs is 2. The molecule has 4 heteroatoms. The Morgan fingerprint density at radius 1 is 0.926 bits per heavy atom. The summed E-state index contributed by atoms with van der Waals surface area (Å²) in [6.07, 6.45) is 0. The summed E-state index contributed by atoms with van der Waals surface area (Å²) in [5.74, 6) is 0.171. The van der Waals surface area contributed by atoms with Crippen molar-refractivity contribution in [2.75, 3.05) is 10.2 Å². The van der Waals surface area contributed by atoms with Gasteiger partial charge in [-0.15, -0.1) is 0 Å². The highest BCUT2D eigenvalue weighted by Gasteiger charge is 2.29. The van der Waals surface area contributed by atoms with Crippen LogP contribution in [0.2, 0.25) is 0 Å². The minimum atomic E-state index is -0.152. The fraction of sp³-hybridized carbons (Fsp3) is 0.130. The molecule has 4 nitrogen and oxygen atoms in total. The third-order valence-corrected chi connectivity index (χ3v) is 4.82. The lowest BCUT2D eigenvalue weighted by atomic mass is 10.0. The Bertz CT molecular complexity index is 1080. The summed E-state index contributed by atoms with van der Waals surface area (Å²) in [5.41, 5.74) is 5.12. The van der Waals surface area contributed by atoms with Crippen molar-refractivity contribution in [3.8, 4) is 6.07 Å². The van der Waals surface area contributed by atoms with Crippen molar-refractivity contribution in [2.24, 2.45) is 0 Å². The molecule has 0 unspecified atom stereocenters. The van der Waals surface area contributed by atoms with Crippen LogP contribution in [0.1, 0.15) is 41.3 Å². The molecule has 0 bridgehead atoms. The molecule has 27 heavy (non-hydrogen) atoms. The van der Waals surface area contributed by atoms with E-state index in [1.54, 1.807) is 11.0 Å². The van der Waals surface area contributed by atoms with Gasteiger partial charge in [0.05, 0.1) is 33.9 Å². The van der Waals surface area contributed by atoms with Gasteiger partial charge in [-0.1, -0.05) is 44.2 Å². The molecular formula is C23H19N3O. The zero-order valence-electron chi connectivity index (χ0n) is 15.2. The molecule has 0 spiro atoms. The van der Waals surface area contributed by atoms with Crippen molar-refractivity contribution >= 4 is 28.7 Å². The van der Waals surface area contributed by atoms with Crippen molar-refractivity contribution < 1.29 is 4.79 Å². The van der Waals surface area contributed by atoms with Gasteiger partial charge in [-0.25, -0.2) is 0 Å². The Morgan fingerprint density at radius 3 is 2.44 bits per heavy atom. The van der Waals surface area contributed by atoms with Crippen LogP contribution in [0.3, 0.4) is 0 Å². The molecule has 0 aliphatic carbocycles. The molecule has 1 heterocycles. The number of carbonyl (C=O) groups is 1. The third-order valence-electron chi connectivity index (χ3n) is 4.82. The zero-order valence-corrected chi connectivity index (χ0v) is 15.2. The number of anilines is 4. The second-order valence-corrected chi connectivity index (χ2v) is 6.87. The molecule has 1 amide bonds. The first-order chi connectivity index (χ1) is 13.1. The number of rotatable bonds is 2. The fourth-order valence-electron chi connectivity index (χ4n) is 3.35. The van der Waals surface area contributed by atoms with Crippen LogP contribution in [-0.2, 0) is 0 Å². The Kier molecular flexibility index (Phi) is 4.13. The summed E-state index contributed by atoms with van der Waals surface area (Å²) >= 11 is 0. The van der Waals surface area contributed by atoms with E-state index in [0.717, 1.165) is 22.6 Å². The molecule has 1 N–H and O–H groups in total. The largest absolute Gasteiger partial charge is 0.353 e. The van der Waals surface area contributed by atoms with Gasteiger partial charge in [0.25, 0.3) is 5.91 Å². The highest BCUT2D eigenvalue weighted by molar-refractivity contribution is 6.17. The lowest BCUT2D eigenvalue weighted by molar-refractivity contribution is 0.100. The van der Waals surface area contributed by atoms with E-state index in [9.17, 15) is 10.1 Å². The lowest BCUT2D eigenvalue weighted by Crippen LogP contribution is -2.26. The number of hydrogen-bond donors (Lipinski definition) is 1. The van der Waals surface area contributed by atoms with E-state index in [1.165, 1.54) is 0 Å². The number of para-hydroxylation sites is 2. The van der Waals surface area contributed by atoms with Crippen molar-refractivity contribution in [2.45, 2.75) is 19.8 Å². The van der Waals surface area contributed by atoms with Crippen LogP contribution in [-0.4, -0.2) is 5.91 Å². The van der Waals surface area contributed by atoms with Gasteiger partial charge < -0.3 is 5.32 Å². The van der Waals surface area contributed by atoms with Crippen molar-refractivity contribution in [1.29, 1.82) is 5.26 Å². The monoisotopic (exact) mass is 353 g/mol. The summed E-state index contributed by atoms with van der Waals surface area (Å²) in [5, 5.41) is 13.0. The molecule has 1 aliphatic heterocycles. The summed E-state index contributed by atoms with van der Waals surface area (Å²) in [6.45, 7) is 4.24. The average Bonchev–Trinajstić information content (AvgIpc) is 2.81. The molecule has 0 radical (unpaired) electrons. The van der Waals surface area contributed by atoms with Gasteiger partial charge in [0.1, 0.15) is 6.07 Å². The molecule has 0 fully saturated rings. The van der Waals surface area contributed by atoms with Gasteiger partial charge in [0.2, 0.25) is 0 Å². The highest BCUT2D eigenvalue weighted by atomic mass is 16.2. The quantitative estimate of drug-likeness (QED) is 0.641. The minimum absolute atomic E-state index is 0.152. The molecule has 0 atom stereocenters. The van der Waals surface area contributed by atoms with E-state index in [-0.39, 0.29) is 5.91 Å². The van der Waals surface area contributed by atoms with Crippen LogP contribution in [0.5, 0.6) is 0 Å². The van der Waals surface area contributed by atoms with E-state index in [2.05, 4.69) is 31.3 Å². The Hall–Kier alpha value is -3.58. The number of nitrogens with zero attached hydrogens (tertiary/aromatic N) is 2. The molecule has 0 saturated carbocycles. The Balaban J connectivity index is 2.02. The number of carbonyl (C=O) groups excluding carboxylic acids is 1. The van der Waals surface area contributed by atoms with Gasteiger partial charge in [0.15, 0.2) is 0 Å². The molecule has 132 valence electrons. The second-order valence-electron chi connectivity index (χ2n) is 6.87. The topological polar surface area (TPSA) is 56.1 Å². The Labute approximate surface area is 158 Å². The second kappa shape index (κ2) is 6.62. The molecule has 0 aromatic heterocycles. The number of benzene rings is 3. The Morgan fingerprint density at radius 2 is 1.67 bits per heavy atom. The lowest BCUT2D eigenvalue weighted by Gasteiger charge is -2.25. The van der Waals surface area contributed by atoms with E-state index in [4.69, 9.17) is 0 Å². The van der Waals surface area contributed by atoms with Crippen LogP contribution >= 0.6 is 0 Å². The van der Waals surface area contributed by atoms with Gasteiger partial charge in [0, 0.05) is 0 Å². The van der Waals surface area contributed by atoms with Crippen LogP contribution in [0.25, 0.3) is 0 Å². The molecular weight excluding hydrogens is 334 g/mol. The molecule has 1 aliphatic rings. The first-order valence-corrected chi connectivity index (χ1v) is 8.93. The molecule has 3 aromatic rings. The minimum Gasteiger partial charge on any atom is -0.353 e. The average molecular weight is 353 g/mol.